The SMILES string of the molecule is CNc1c(C(N)=O)c(-c2ccc(CNC(=O)c3ccccc3C)cc2)nn1C1CCCC1.Cc1ccccc1C(=O)NCc1ccc(-c2nn(-c3cc(F)ccc3F)c(N)c2C(N)=O)cc1.Cc1ccccc1C(=O)NCc1ccc(-c2nn(C3CC(=O)c4ccccc43)c(N)c2C(N)=O)cc1. The number of hydrogen-bond donors (Lipinski definition) is 9. The van der Waals surface area contributed by atoms with Crippen LogP contribution in [-0.4, -0.2) is 77.6 Å². The molecule has 1 fully saturated rings. The number of benzene rings is 8. The molecule has 11 aromatic rings. The number of aromatic nitrogens is 6. The number of carbonyl (C=O) groups excluding carboxylic acids is 7. The molecule has 102 heavy (non-hydrogen) atoms. The second-order valence-electron chi connectivity index (χ2n) is 24.8. The third kappa shape index (κ3) is 15.2. The molecule has 2 aliphatic carbocycles. The highest BCUT2D eigenvalue weighted by molar-refractivity contribution is 6.06. The molecule has 6 amide bonds. The number of amides is 6. The number of Topliss-reactive ketones (excluding diaryl/α,β-unsaturated/α-hetero) is 1. The van der Waals surface area contributed by atoms with Crippen LogP contribution in [0.2, 0.25) is 0 Å². The zero-order chi connectivity index (χ0) is 72.5. The highest BCUT2D eigenvalue weighted by atomic mass is 19.1. The molecule has 518 valence electrons. The zero-order valence-corrected chi connectivity index (χ0v) is 56.4. The van der Waals surface area contributed by atoms with E-state index in [0.29, 0.717) is 69.2 Å². The summed E-state index contributed by atoms with van der Waals surface area (Å²) in [5.74, 6) is -3.34. The monoisotopic (exact) mass is 1370 g/mol. The summed E-state index contributed by atoms with van der Waals surface area (Å²) in [5.41, 5.74) is 41.2. The van der Waals surface area contributed by atoms with Gasteiger partial charge in [0.25, 0.3) is 35.4 Å². The van der Waals surface area contributed by atoms with Gasteiger partial charge in [0.15, 0.2) is 5.78 Å². The number of halogens is 2. The first-order valence-electron chi connectivity index (χ1n) is 32.9. The molecule has 1 saturated carbocycles. The van der Waals surface area contributed by atoms with E-state index in [1.54, 1.807) is 55.6 Å². The second kappa shape index (κ2) is 30.9. The van der Waals surface area contributed by atoms with Crippen LogP contribution in [0.15, 0.2) is 188 Å². The molecule has 3 heterocycles. The van der Waals surface area contributed by atoms with Crippen molar-refractivity contribution >= 4 is 58.7 Å². The standard InChI is InChI=1S/C28H25N5O3.C25H21F2N5O2.C25H29N5O2/c1-16-6-2-3-7-19(16)28(36)31-15-17-10-12-18(13-11-17)25-24(27(30)35)26(29)33(32-25)22-14-23(34)21-9-5-4-8-20(21)22;1-14-4-2-3-5-18(14)25(34)30-13-15-6-8-16(9-7-15)22-21(24(29)33)23(28)32(31-22)20-12-17(26)10-11-19(20)27;1-16-7-3-6-10-20(16)25(32)28-15-17-11-13-18(14-12-17)22-21(23(26)31)24(27-2)30(29-22)19-8-4-5-9-19/h2-13,22H,14-15,29H2,1H3,(H2,30,35)(H,31,36);2-12H,13,28H2,1H3,(H2,29,33)(H,30,34);3,6-7,10-14,19,27H,4-5,8-9,15H2,1-2H3,(H2,26,31)(H,28,32). The van der Waals surface area contributed by atoms with Gasteiger partial charge in [-0.05, 0) is 103 Å². The van der Waals surface area contributed by atoms with Gasteiger partial charge in [0.2, 0.25) is 0 Å². The van der Waals surface area contributed by atoms with E-state index in [-0.39, 0.29) is 76.7 Å². The van der Waals surface area contributed by atoms with Crippen molar-refractivity contribution in [1.82, 2.24) is 45.3 Å². The average molecular weight is 1370 g/mol. The van der Waals surface area contributed by atoms with Gasteiger partial charge in [-0.1, -0.05) is 165 Å². The predicted octanol–water partition coefficient (Wildman–Crippen LogP) is 11.4. The van der Waals surface area contributed by atoms with Crippen LogP contribution in [0.4, 0.5) is 26.2 Å². The molecule has 24 heteroatoms. The average Bonchev–Trinajstić information content (AvgIpc) is 1.62. The number of nitrogens with one attached hydrogen (secondary N) is 4. The van der Waals surface area contributed by atoms with E-state index in [1.165, 1.54) is 4.68 Å². The van der Waals surface area contributed by atoms with Crippen LogP contribution in [0.1, 0.15) is 156 Å². The molecule has 14 N–H and O–H groups in total. The Morgan fingerprint density at radius 2 is 0.892 bits per heavy atom. The van der Waals surface area contributed by atoms with Crippen LogP contribution in [0.5, 0.6) is 0 Å². The smallest absolute Gasteiger partial charge is 0.254 e. The summed E-state index contributed by atoms with van der Waals surface area (Å²) in [6.45, 7) is 6.71. The molecule has 1 unspecified atom stereocenters. The Balaban J connectivity index is 0.000000154. The van der Waals surface area contributed by atoms with Crippen molar-refractivity contribution in [3.8, 4) is 39.5 Å². The summed E-state index contributed by atoms with van der Waals surface area (Å²) >= 11 is 0. The molecular weight excluding hydrogens is 1300 g/mol. The van der Waals surface area contributed by atoms with Gasteiger partial charge in [-0.25, -0.2) is 22.8 Å². The molecule has 3 aromatic heterocycles. The Labute approximate surface area is 586 Å². The highest BCUT2D eigenvalue weighted by Crippen LogP contribution is 2.40. The van der Waals surface area contributed by atoms with Crippen LogP contribution in [0, 0.1) is 32.4 Å². The molecular formula is C78H75F2N15O7. The Morgan fingerprint density at radius 3 is 1.33 bits per heavy atom. The molecule has 1 atom stereocenters. The summed E-state index contributed by atoms with van der Waals surface area (Å²) < 4.78 is 32.4. The molecule has 13 rings (SSSR count). The van der Waals surface area contributed by atoms with Crippen LogP contribution in [-0.2, 0) is 19.6 Å². The lowest BCUT2D eigenvalue weighted by Gasteiger charge is -2.13. The van der Waals surface area contributed by atoms with Crippen molar-refractivity contribution in [2.24, 2.45) is 17.2 Å². The van der Waals surface area contributed by atoms with E-state index in [0.717, 1.165) is 93.1 Å². The van der Waals surface area contributed by atoms with E-state index >= 15 is 0 Å². The predicted molar refractivity (Wildman–Crippen MR) is 386 cm³/mol. The maximum absolute atomic E-state index is 14.3. The number of nitrogen functional groups attached to an aromatic ring is 2. The number of aryl methyl sites for hydroxylation is 3. The van der Waals surface area contributed by atoms with Gasteiger partial charge in [0.1, 0.15) is 68.5 Å². The summed E-state index contributed by atoms with van der Waals surface area (Å²) in [4.78, 5) is 86.6. The van der Waals surface area contributed by atoms with E-state index in [4.69, 9.17) is 33.8 Å². The maximum Gasteiger partial charge on any atom is 0.254 e. The quantitative estimate of drug-likeness (QED) is 0.0364. The minimum Gasteiger partial charge on any atom is -0.383 e. The minimum atomic E-state index is -0.856. The lowest BCUT2D eigenvalue weighted by Crippen LogP contribution is -2.23. The maximum atomic E-state index is 14.3. The van der Waals surface area contributed by atoms with Crippen molar-refractivity contribution < 1.29 is 42.3 Å². The van der Waals surface area contributed by atoms with E-state index in [2.05, 4.69) is 31.5 Å². The molecule has 22 nitrogen and oxygen atoms in total. The fourth-order valence-corrected chi connectivity index (χ4v) is 12.7. The van der Waals surface area contributed by atoms with Crippen LogP contribution >= 0.6 is 0 Å². The summed E-state index contributed by atoms with van der Waals surface area (Å²) in [5, 5.41) is 25.5. The van der Waals surface area contributed by atoms with Gasteiger partial charge < -0.3 is 49.9 Å². The number of rotatable bonds is 19. The first-order chi connectivity index (χ1) is 49.1. The summed E-state index contributed by atoms with van der Waals surface area (Å²) in [6.07, 6.45) is 4.64. The van der Waals surface area contributed by atoms with Crippen molar-refractivity contribution in [3.63, 3.8) is 0 Å². The van der Waals surface area contributed by atoms with Gasteiger partial charge in [-0.2, -0.15) is 15.3 Å². The Bertz CT molecular complexity index is 5020. The lowest BCUT2D eigenvalue weighted by atomic mass is 10.0. The summed E-state index contributed by atoms with van der Waals surface area (Å²) in [7, 11) is 1.79. The molecule has 0 aliphatic heterocycles. The topological polar surface area (TPSA) is 351 Å². The van der Waals surface area contributed by atoms with E-state index < -0.39 is 35.4 Å². The fourth-order valence-electron chi connectivity index (χ4n) is 12.7. The molecule has 0 radical (unpaired) electrons. The molecule has 2 aliphatic rings. The first-order valence-corrected chi connectivity index (χ1v) is 32.9. The van der Waals surface area contributed by atoms with Crippen LogP contribution in [0.25, 0.3) is 39.5 Å². The number of fused-ring (bicyclic) bond motifs is 1. The van der Waals surface area contributed by atoms with E-state index in [1.807, 2.05) is 147 Å². The Morgan fingerprint density at radius 1 is 0.490 bits per heavy atom. The Kier molecular flexibility index (Phi) is 21.4. The van der Waals surface area contributed by atoms with Crippen molar-refractivity contribution in [3.05, 3.63) is 278 Å². The van der Waals surface area contributed by atoms with Crippen LogP contribution in [0.3, 0.4) is 0 Å². The largest absolute Gasteiger partial charge is 0.383 e. The van der Waals surface area contributed by atoms with Gasteiger partial charge in [-0.3, -0.25) is 33.6 Å². The van der Waals surface area contributed by atoms with Gasteiger partial charge in [-0.15, -0.1) is 0 Å². The van der Waals surface area contributed by atoms with Crippen LogP contribution < -0.4 is 49.9 Å². The Hall–Kier alpha value is -12.9. The number of carbonyl (C=O) groups is 7. The number of nitrogens with two attached hydrogens (primary N) is 5. The molecule has 0 saturated heterocycles. The number of nitrogens with zero attached hydrogens (tertiary/aromatic N) is 6. The van der Waals surface area contributed by atoms with E-state index in [9.17, 15) is 42.3 Å². The van der Waals surface area contributed by atoms with Crippen molar-refractivity contribution in [1.29, 1.82) is 0 Å². The highest BCUT2D eigenvalue weighted by Gasteiger charge is 2.35. The zero-order valence-electron chi connectivity index (χ0n) is 56.4. The normalized spacial score (nSPS) is 13.0. The molecule has 8 aromatic carbocycles. The lowest BCUT2D eigenvalue weighted by molar-refractivity contribution is 0.0942. The minimum absolute atomic E-state index is 0.00442. The molecule has 0 bridgehead atoms. The van der Waals surface area contributed by atoms with Crippen molar-refractivity contribution in [2.75, 3.05) is 23.8 Å². The van der Waals surface area contributed by atoms with Gasteiger partial charge in [0, 0.05) is 78.1 Å². The second-order valence-corrected chi connectivity index (χ2v) is 24.8. The van der Waals surface area contributed by atoms with Gasteiger partial charge in [0.05, 0.1) is 12.1 Å². The number of primary amides is 3. The third-order valence-electron chi connectivity index (χ3n) is 18.1. The molecule has 0 spiro atoms. The summed E-state index contributed by atoms with van der Waals surface area (Å²) in [6, 6.07) is 54.1. The fraction of sp³-hybridized carbons (Fsp3) is 0.179. The third-order valence-corrected chi connectivity index (χ3v) is 18.1. The number of hydrogen-bond acceptors (Lipinski definition) is 13. The van der Waals surface area contributed by atoms with Gasteiger partial charge >= 0.3 is 0 Å². The first kappa shape index (κ1) is 70.5. The number of anilines is 3. The van der Waals surface area contributed by atoms with Crippen molar-refractivity contribution in [2.45, 2.75) is 84.6 Å². The number of ketones is 1.